The van der Waals surface area contributed by atoms with Crippen molar-refractivity contribution in [2.75, 3.05) is 13.2 Å². The number of aromatic nitrogens is 2. The Morgan fingerprint density at radius 3 is 2.94 bits per heavy atom. The van der Waals surface area contributed by atoms with E-state index in [1.165, 1.54) is 18.4 Å². The van der Waals surface area contributed by atoms with Gasteiger partial charge in [0.2, 0.25) is 0 Å². The number of hydrogen-bond acceptors (Lipinski definition) is 3. The van der Waals surface area contributed by atoms with Gasteiger partial charge in [-0.2, -0.15) is 5.10 Å². The molecule has 100 valence electrons. The smallest absolute Gasteiger partial charge is 0.0896 e. The minimum Gasteiger partial charge on any atom is -0.373 e. The minimum atomic E-state index is 0.240. The van der Waals surface area contributed by atoms with Crippen LogP contribution >= 0.6 is 0 Å². The van der Waals surface area contributed by atoms with Crippen LogP contribution in [0.15, 0.2) is 12.4 Å². The van der Waals surface area contributed by atoms with Gasteiger partial charge in [-0.05, 0) is 33.1 Å². The molecule has 4 heteroatoms. The second-order valence-electron chi connectivity index (χ2n) is 5.87. The van der Waals surface area contributed by atoms with E-state index in [2.05, 4.69) is 30.5 Å². The number of nitrogens with one attached hydrogen (secondary N) is 1. The van der Waals surface area contributed by atoms with Crippen LogP contribution in [0.4, 0.5) is 0 Å². The fraction of sp³-hybridized carbons (Fsp3) is 0.786. The van der Waals surface area contributed by atoms with Gasteiger partial charge < -0.3 is 10.1 Å². The molecule has 0 radical (unpaired) electrons. The van der Waals surface area contributed by atoms with Gasteiger partial charge >= 0.3 is 0 Å². The summed E-state index contributed by atoms with van der Waals surface area (Å²) in [6, 6.07) is 1.20. The average Bonchev–Trinajstić information content (AvgIpc) is 2.89. The van der Waals surface area contributed by atoms with Crippen molar-refractivity contribution in [2.24, 2.45) is 5.92 Å². The average molecular weight is 249 g/mol. The predicted octanol–water partition coefficient (Wildman–Crippen LogP) is 2.29. The molecule has 1 saturated heterocycles. The summed E-state index contributed by atoms with van der Waals surface area (Å²) in [5, 5.41) is 8.04. The highest BCUT2D eigenvalue weighted by Gasteiger charge is 2.32. The molecule has 1 aromatic heterocycles. The van der Waals surface area contributed by atoms with Crippen LogP contribution in [0.25, 0.3) is 0 Å². The fourth-order valence-electron chi connectivity index (χ4n) is 2.60. The summed E-state index contributed by atoms with van der Waals surface area (Å²) in [7, 11) is 0. The molecule has 0 aromatic carbocycles. The van der Waals surface area contributed by atoms with E-state index < -0.39 is 0 Å². The first-order valence-corrected chi connectivity index (χ1v) is 7.13. The van der Waals surface area contributed by atoms with Gasteiger partial charge in [0.15, 0.2) is 0 Å². The maximum atomic E-state index is 5.90. The van der Waals surface area contributed by atoms with E-state index >= 15 is 0 Å². The van der Waals surface area contributed by atoms with E-state index in [9.17, 15) is 0 Å². The maximum absolute atomic E-state index is 5.90. The lowest BCUT2D eigenvalue weighted by atomic mass is 9.97. The second-order valence-corrected chi connectivity index (χ2v) is 5.87. The molecular weight excluding hydrogens is 226 g/mol. The summed E-state index contributed by atoms with van der Waals surface area (Å²) in [5.74, 6) is 0.607. The van der Waals surface area contributed by atoms with Crippen molar-refractivity contribution in [2.45, 2.75) is 51.3 Å². The van der Waals surface area contributed by atoms with Crippen LogP contribution in [-0.2, 0) is 4.74 Å². The maximum Gasteiger partial charge on any atom is 0.0896 e. The molecule has 2 aliphatic rings. The monoisotopic (exact) mass is 249 g/mol. The summed E-state index contributed by atoms with van der Waals surface area (Å²) in [6.45, 7) is 6.27. The highest BCUT2D eigenvalue weighted by molar-refractivity contribution is 5.12. The van der Waals surface area contributed by atoms with Crippen molar-refractivity contribution >= 4 is 0 Å². The van der Waals surface area contributed by atoms with Gasteiger partial charge in [-0.25, -0.2) is 0 Å². The summed E-state index contributed by atoms with van der Waals surface area (Å²) >= 11 is 0. The Labute approximate surface area is 109 Å². The van der Waals surface area contributed by atoms with Gasteiger partial charge in [0.1, 0.15) is 0 Å². The number of hydrogen-bond donors (Lipinski definition) is 1. The Balaban J connectivity index is 1.64. The molecule has 2 fully saturated rings. The summed E-state index contributed by atoms with van der Waals surface area (Å²) in [6.07, 6.45) is 8.22. The molecule has 1 aliphatic heterocycles. The third-order valence-electron chi connectivity index (χ3n) is 3.94. The lowest BCUT2D eigenvalue weighted by molar-refractivity contribution is 0.0903. The molecule has 1 N–H and O–H groups in total. The first-order valence-electron chi connectivity index (χ1n) is 7.13. The predicted molar refractivity (Wildman–Crippen MR) is 70.4 cm³/mol. The topological polar surface area (TPSA) is 39.1 Å². The van der Waals surface area contributed by atoms with Crippen LogP contribution in [0, 0.1) is 5.92 Å². The Bertz CT molecular complexity index is 397. The zero-order valence-electron chi connectivity index (χ0n) is 11.3. The van der Waals surface area contributed by atoms with Gasteiger partial charge in [0, 0.05) is 42.9 Å². The molecule has 18 heavy (non-hydrogen) atoms. The SMILES string of the molecule is CC(C)n1cc(C2OCCC2CNC2CC2)cn1. The van der Waals surface area contributed by atoms with Crippen LogP contribution in [0.2, 0.25) is 0 Å². The number of nitrogens with zero attached hydrogens (tertiary/aromatic N) is 2. The molecule has 2 heterocycles. The van der Waals surface area contributed by atoms with E-state index in [1.807, 2.05) is 10.9 Å². The molecule has 0 spiro atoms. The van der Waals surface area contributed by atoms with E-state index in [-0.39, 0.29) is 6.10 Å². The lowest BCUT2D eigenvalue weighted by Crippen LogP contribution is -2.26. The zero-order valence-corrected chi connectivity index (χ0v) is 11.3. The van der Waals surface area contributed by atoms with Gasteiger partial charge in [-0.15, -0.1) is 0 Å². The second kappa shape index (κ2) is 5.02. The minimum absolute atomic E-state index is 0.240. The molecule has 2 unspecified atom stereocenters. The largest absolute Gasteiger partial charge is 0.373 e. The molecule has 1 aliphatic carbocycles. The van der Waals surface area contributed by atoms with Crippen LogP contribution in [-0.4, -0.2) is 29.0 Å². The van der Waals surface area contributed by atoms with Crippen molar-refractivity contribution in [1.29, 1.82) is 0 Å². The highest BCUT2D eigenvalue weighted by atomic mass is 16.5. The van der Waals surface area contributed by atoms with E-state index in [1.54, 1.807) is 0 Å². The lowest BCUT2D eigenvalue weighted by Gasteiger charge is -2.17. The zero-order chi connectivity index (χ0) is 12.5. The summed E-state index contributed by atoms with van der Waals surface area (Å²) in [4.78, 5) is 0. The van der Waals surface area contributed by atoms with Crippen molar-refractivity contribution in [3.8, 4) is 0 Å². The normalized spacial score (nSPS) is 28.2. The van der Waals surface area contributed by atoms with Crippen molar-refractivity contribution < 1.29 is 4.74 Å². The summed E-state index contributed by atoms with van der Waals surface area (Å²) < 4.78 is 7.92. The molecule has 1 saturated carbocycles. The summed E-state index contributed by atoms with van der Waals surface area (Å²) in [5.41, 5.74) is 1.24. The third kappa shape index (κ3) is 2.59. The van der Waals surface area contributed by atoms with Crippen molar-refractivity contribution in [3.05, 3.63) is 18.0 Å². The van der Waals surface area contributed by atoms with E-state index in [0.29, 0.717) is 12.0 Å². The first-order chi connectivity index (χ1) is 8.74. The van der Waals surface area contributed by atoms with E-state index in [0.717, 1.165) is 25.6 Å². The molecule has 4 nitrogen and oxygen atoms in total. The molecule has 0 amide bonds. The highest BCUT2D eigenvalue weighted by Crippen LogP contribution is 2.34. The standard InChI is InChI=1S/C14H23N3O/c1-10(2)17-9-12(8-16-17)14-11(5-6-18-14)7-15-13-3-4-13/h8-11,13-15H,3-7H2,1-2H3. The Kier molecular flexibility index (Phi) is 3.39. The van der Waals surface area contributed by atoms with Crippen molar-refractivity contribution in [3.63, 3.8) is 0 Å². The van der Waals surface area contributed by atoms with Crippen LogP contribution in [0.5, 0.6) is 0 Å². The molecule has 3 rings (SSSR count). The molecule has 2 atom stereocenters. The van der Waals surface area contributed by atoms with Crippen LogP contribution in [0.3, 0.4) is 0 Å². The quantitative estimate of drug-likeness (QED) is 0.870. The third-order valence-corrected chi connectivity index (χ3v) is 3.94. The number of ether oxygens (including phenoxy) is 1. The van der Waals surface area contributed by atoms with Gasteiger partial charge in [-0.1, -0.05) is 0 Å². The van der Waals surface area contributed by atoms with E-state index in [4.69, 9.17) is 4.74 Å². The molecule has 0 bridgehead atoms. The Morgan fingerprint density at radius 2 is 2.28 bits per heavy atom. The van der Waals surface area contributed by atoms with Crippen LogP contribution < -0.4 is 5.32 Å². The Hall–Kier alpha value is -0.870. The fourth-order valence-corrected chi connectivity index (χ4v) is 2.60. The first kappa shape index (κ1) is 12.2. The molecular formula is C14H23N3O. The van der Waals surface area contributed by atoms with Gasteiger partial charge in [0.05, 0.1) is 12.3 Å². The van der Waals surface area contributed by atoms with Crippen LogP contribution in [0.1, 0.15) is 50.8 Å². The van der Waals surface area contributed by atoms with Gasteiger partial charge in [0.25, 0.3) is 0 Å². The Morgan fingerprint density at radius 1 is 1.44 bits per heavy atom. The number of rotatable bonds is 5. The molecule has 1 aromatic rings. The van der Waals surface area contributed by atoms with Crippen molar-refractivity contribution in [1.82, 2.24) is 15.1 Å². The van der Waals surface area contributed by atoms with Gasteiger partial charge in [-0.3, -0.25) is 4.68 Å².